The second kappa shape index (κ2) is 5.60. The van der Waals surface area contributed by atoms with Crippen LogP contribution in [0.2, 0.25) is 0 Å². The number of carbonyl (C=O) groups excluding carboxylic acids is 2. The fraction of sp³-hybridized carbons (Fsp3) is 0.263. The van der Waals surface area contributed by atoms with Gasteiger partial charge in [-0.05, 0) is 29.7 Å². The molecule has 0 saturated carbocycles. The molecule has 0 radical (unpaired) electrons. The highest BCUT2D eigenvalue weighted by Crippen LogP contribution is 2.45. The number of methoxy groups -OCH3 is 1. The summed E-state index contributed by atoms with van der Waals surface area (Å²) in [5, 5.41) is 11.1. The zero-order valence-corrected chi connectivity index (χ0v) is 14.3. The topological polar surface area (TPSA) is 116 Å². The Morgan fingerprint density at radius 1 is 1.00 bits per heavy atom. The standard InChI is InChI=1S/C19H20N2O4/c1-9(2)10-4-5-11(14(8-10)25-3)19(24)17(22)15-12(20)6-7-13(21)16(15)18(19)23/h4-9,24H,20-21H2,1-3H3. The van der Waals surface area contributed by atoms with E-state index in [1.165, 1.54) is 19.2 Å². The Labute approximate surface area is 145 Å². The lowest BCUT2D eigenvalue weighted by molar-refractivity contribution is 0.0313. The molecule has 130 valence electrons. The van der Waals surface area contributed by atoms with Gasteiger partial charge in [0.1, 0.15) is 5.75 Å². The van der Waals surface area contributed by atoms with Gasteiger partial charge < -0.3 is 21.3 Å². The predicted octanol–water partition coefficient (Wildman–Crippen LogP) is 2.25. The first-order chi connectivity index (χ1) is 11.7. The number of anilines is 2. The van der Waals surface area contributed by atoms with E-state index in [1.54, 1.807) is 18.2 Å². The van der Waals surface area contributed by atoms with Gasteiger partial charge in [0.15, 0.2) is 0 Å². The van der Waals surface area contributed by atoms with Crippen LogP contribution in [0.3, 0.4) is 0 Å². The third kappa shape index (κ3) is 2.21. The number of rotatable bonds is 3. The molecular formula is C19H20N2O4. The largest absolute Gasteiger partial charge is 0.496 e. The van der Waals surface area contributed by atoms with Crippen molar-refractivity contribution in [2.75, 3.05) is 18.6 Å². The van der Waals surface area contributed by atoms with E-state index in [0.29, 0.717) is 0 Å². The van der Waals surface area contributed by atoms with Crippen LogP contribution in [0.1, 0.15) is 51.6 Å². The lowest BCUT2D eigenvalue weighted by Crippen LogP contribution is -2.38. The maximum Gasteiger partial charge on any atom is 0.220 e. The van der Waals surface area contributed by atoms with E-state index in [-0.39, 0.29) is 39.7 Å². The molecule has 6 nitrogen and oxygen atoms in total. The molecule has 25 heavy (non-hydrogen) atoms. The Balaban J connectivity index is 2.25. The van der Waals surface area contributed by atoms with Crippen LogP contribution in [0.15, 0.2) is 30.3 Å². The molecule has 3 rings (SSSR count). The quantitative estimate of drug-likeness (QED) is 0.583. The molecule has 5 N–H and O–H groups in total. The van der Waals surface area contributed by atoms with Gasteiger partial charge in [-0.25, -0.2) is 0 Å². The van der Waals surface area contributed by atoms with Crippen molar-refractivity contribution in [3.8, 4) is 5.75 Å². The van der Waals surface area contributed by atoms with E-state index in [1.807, 2.05) is 13.8 Å². The van der Waals surface area contributed by atoms with Crippen molar-refractivity contribution in [2.24, 2.45) is 0 Å². The van der Waals surface area contributed by atoms with Gasteiger partial charge >= 0.3 is 0 Å². The molecule has 0 heterocycles. The maximum atomic E-state index is 12.9. The Hall–Kier alpha value is -2.86. The summed E-state index contributed by atoms with van der Waals surface area (Å²) in [4.78, 5) is 25.9. The molecule has 0 aliphatic heterocycles. The number of benzene rings is 2. The summed E-state index contributed by atoms with van der Waals surface area (Å²) in [6, 6.07) is 7.92. The zero-order chi connectivity index (χ0) is 18.5. The highest BCUT2D eigenvalue weighted by atomic mass is 16.5. The van der Waals surface area contributed by atoms with Crippen LogP contribution < -0.4 is 16.2 Å². The minimum absolute atomic E-state index is 0.0394. The second-order valence-corrected chi connectivity index (χ2v) is 6.48. The van der Waals surface area contributed by atoms with Gasteiger partial charge in [0.25, 0.3) is 0 Å². The normalized spacial score (nSPS) is 15.6. The third-order valence-electron chi connectivity index (χ3n) is 4.66. The van der Waals surface area contributed by atoms with Gasteiger partial charge in [0.2, 0.25) is 17.2 Å². The number of hydrogen-bond acceptors (Lipinski definition) is 6. The molecule has 0 amide bonds. The maximum absolute atomic E-state index is 12.9. The molecular weight excluding hydrogens is 320 g/mol. The SMILES string of the molecule is COc1cc(C(C)C)ccc1C1(O)C(=O)c2c(N)ccc(N)c2C1=O. The van der Waals surface area contributed by atoms with Gasteiger partial charge in [0, 0.05) is 16.9 Å². The molecule has 1 aliphatic carbocycles. The minimum Gasteiger partial charge on any atom is -0.496 e. The van der Waals surface area contributed by atoms with Crippen LogP contribution in [0.25, 0.3) is 0 Å². The van der Waals surface area contributed by atoms with E-state index >= 15 is 0 Å². The number of ketones is 2. The van der Waals surface area contributed by atoms with E-state index in [9.17, 15) is 14.7 Å². The summed E-state index contributed by atoms with van der Waals surface area (Å²) in [5.74, 6) is -1.09. The summed E-state index contributed by atoms with van der Waals surface area (Å²) in [5.41, 5.74) is 10.5. The van der Waals surface area contributed by atoms with Crippen LogP contribution >= 0.6 is 0 Å². The first kappa shape index (κ1) is 17.0. The number of carbonyl (C=O) groups is 2. The van der Waals surface area contributed by atoms with Crippen molar-refractivity contribution in [3.63, 3.8) is 0 Å². The predicted molar refractivity (Wildman–Crippen MR) is 94.9 cm³/mol. The van der Waals surface area contributed by atoms with Crippen LogP contribution in [0, 0.1) is 0 Å². The summed E-state index contributed by atoms with van der Waals surface area (Å²) in [7, 11) is 1.42. The average Bonchev–Trinajstić information content (AvgIpc) is 2.80. The Morgan fingerprint density at radius 3 is 1.96 bits per heavy atom. The van der Waals surface area contributed by atoms with E-state index in [0.717, 1.165) is 5.56 Å². The first-order valence-electron chi connectivity index (χ1n) is 7.91. The fourth-order valence-corrected chi connectivity index (χ4v) is 3.20. The highest BCUT2D eigenvalue weighted by Gasteiger charge is 2.56. The Morgan fingerprint density at radius 2 is 1.52 bits per heavy atom. The Kier molecular flexibility index (Phi) is 3.80. The van der Waals surface area contributed by atoms with Crippen molar-refractivity contribution in [2.45, 2.75) is 25.4 Å². The number of nitrogen functional groups attached to an aromatic ring is 2. The van der Waals surface area contributed by atoms with E-state index in [2.05, 4.69) is 0 Å². The first-order valence-corrected chi connectivity index (χ1v) is 7.91. The molecule has 0 unspecified atom stereocenters. The lowest BCUT2D eigenvalue weighted by atomic mass is 9.86. The van der Waals surface area contributed by atoms with Crippen LogP contribution in [-0.2, 0) is 5.60 Å². The van der Waals surface area contributed by atoms with Crippen molar-refractivity contribution in [3.05, 3.63) is 52.6 Å². The van der Waals surface area contributed by atoms with Crippen LogP contribution in [0.5, 0.6) is 5.75 Å². The summed E-state index contributed by atoms with van der Waals surface area (Å²) in [6.07, 6.45) is 0. The molecule has 0 aromatic heterocycles. The monoisotopic (exact) mass is 340 g/mol. The number of Topliss-reactive ketones (excluding diaryl/α,β-unsaturated/α-hetero) is 2. The van der Waals surface area contributed by atoms with Gasteiger partial charge in [-0.1, -0.05) is 26.0 Å². The van der Waals surface area contributed by atoms with Crippen molar-refractivity contribution >= 4 is 22.9 Å². The summed E-state index contributed by atoms with van der Waals surface area (Å²) in [6.45, 7) is 4.01. The molecule has 0 spiro atoms. The van der Waals surface area contributed by atoms with Gasteiger partial charge in [0.05, 0.1) is 18.2 Å². The fourth-order valence-electron chi connectivity index (χ4n) is 3.20. The lowest BCUT2D eigenvalue weighted by Gasteiger charge is -2.23. The molecule has 0 atom stereocenters. The second-order valence-electron chi connectivity index (χ2n) is 6.48. The highest BCUT2D eigenvalue weighted by molar-refractivity contribution is 6.35. The molecule has 0 bridgehead atoms. The van der Waals surface area contributed by atoms with Gasteiger partial charge in [-0.2, -0.15) is 0 Å². The third-order valence-corrected chi connectivity index (χ3v) is 4.66. The number of aliphatic hydroxyl groups is 1. The molecule has 1 aliphatic rings. The molecule has 6 heteroatoms. The zero-order valence-electron chi connectivity index (χ0n) is 14.3. The minimum atomic E-state index is -2.40. The van der Waals surface area contributed by atoms with Crippen LogP contribution in [0.4, 0.5) is 11.4 Å². The van der Waals surface area contributed by atoms with E-state index < -0.39 is 17.2 Å². The Bertz CT molecular complexity index is 862. The smallest absolute Gasteiger partial charge is 0.220 e. The molecule has 0 fully saturated rings. The van der Waals surface area contributed by atoms with Crippen LogP contribution in [-0.4, -0.2) is 23.8 Å². The van der Waals surface area contributed by atoms with Crippen molar-refractivity contribution in [1.82, 2.24) is 0 Å². The van der Waals surface area contributed by atoms with Crippen molar-refractivity contribution < 1.29 is 19.4 Å². The number of ether oxygens (including phenoxy) is 1. The number of nitrogens with two attached hydrogens (primary N) is 2. The number of fused-ring (bicyclic) bond motifs is 1. The van der Waals surface area contributed by atoms with E-state index in [4.69, 9.17) is 16.2 Å². The summed E-state index contributed by atoms with van der Waals surface area (Å²) >= 11 is 0. The average molecular weight is 340 g/mol. The summed E-state index contributed by atoms with van der Waals surface area (Å²) < 4.78 is 5.34. The molecule has 2 aromatic carbocycles. The molecule has 2 aromatic rings. The number of hydrogen-bond donors (Lipinski definition) is 3. The molecule has 0 saturated heterocycles. The van der Waals surface area contributed by atoms with Gasteiger partial charge in [-0.3, -0.25) is 9.59 Å². The van der Waals surface area contributed by atoms with Gasteiger partial charge in [-0.15, -0.1) is 0 Å². The van der Waals surface area contributed by atoms with Crippen molar-refractivity contribution in [1.29, 1.82) is 0 Å².